The molecule has 4 nitrogen and oxygen atoms in total. The number of hydrogen-bond acceptors (Lipinski definition) is 6. The molecule has 0 atom stereocenters. The van der Waals surface area contributed by atoms with Crippen molar-refractivity contribution >= 4 is 35.4 Å². The third-order valence-corrected chi connectivity index (χ3v) is 5.52. The summed E-state index contributed by atoms with van der Waals surface area (Å²) in [5.74, 6) is -0.679. The second kappa shape index (κ2) is 8.88. The highest BCUT2D eigenvalue weighted by molar-refractivity contribution is 8.00. The standard InChI is InChI=1S/C21H19NO3S2/c1-25-21(24)19-11-8-16(13-20(19)23)22-27-18-5-3-4-15(12-18)14-6-9-17(26-2)10-7-14/h3-13,22-23H,1-2H3. The average Bonchev–Trinajstić information content (AvgIpc) is 2.72. The largest absolute Gasteiger partial charge is 0.507 e. The van der Waals surface area contributed by atoms with Crippen LogP contribution in [0.15, 0.2) is 76.5 Å². The van der Waals surface area contributed by atoms with Crippen LogP contribution in [-0.2, 0) is 4.74 Å². The van der Waals surface area contributed by atoms with E-state index in [0.717, 1.165) is 16.0 Å². The first-order chi connectivity index (χ1) is 13.1. The van der Waals surface area contributed by atoms with Crippen LogP contribution in [0.3, 0.4) is 0 Å². The van der Waals surface area contributed by atoms with Gasteiger partial charge in [-0.15, -0.1) is 11.8 Å². The molecule has 2 N–H and O–H groups in total. The van der Waals surface area contributed by atoms with E-state index in [4.69, 9.17) is 0 Å². The van der Waals surface area contributed by atoms with Gasteiger partial charge in [-0.1, -0.05) is 24.3 Å². The van der Waals surface area contributed by atoms with Gasteiger partial charge >= 0.3 is 5.97 Å². The fourth-order valence-corrected chi connectivity index (χ4v) is 3.62. The first-order valence-electron chi connectivity index (χ1n) is 8.19. The fraction of sp³-hybridized carbons (Fsp3) is 0.0952. The molecule has 0 radical (unpaired) electrons. The molecular formula is C21H19NO3S2. The minimum atomic E-state index is -0.563. The number of esters is 1. The first-order valence-corrected chi connectivity index (χ1v) is 10.2. The molecule has 3 aromatic rings. The lowest BCUT2D eigenvalue weighted by molar-refractivity contribution is 0.0597. The second-order valence-corrected chi connectivity index (χ2v) is 7.44. The van der Waals surface area contributed by atoms with Gasteiger partial charge in [-0.3, -0.25) is 0 Å². The van der Waals surface area contributed by atoms with Crippen molar-refractivity contribution in [2.75, 3.05) is 18.1 Å². The molecular weight excluding hydrogens is 378 g/mol. The lowest BCUT2D eigenvalue weighted by Gasteiger charge is -2.09. The van der Waals surface area contributed by atoms with Gasteiger partial charge in [-0.05, 0) is 65.7 Å². The van der Waals surface area contributed by atoms with E-state index in [-0.39, 0.29) is 11.3 Å². The molecule has 0 unspecified atom stereocenters. The summed E-state index contributed by atoms with van der Waals surface area (Å²) in [6.45, 7) is 0. The van der Waals surface area contributed by atoms with Crippen molar-refractivity contribution < 1.29 is 14.6 Å². The molecule has 6 heteroatoms. The van der Waals surface area contributed by atoms with E-state index in [9.17, 15) is 9.90 Å². The Morgan fingerprint density at radius 3 is 2.41 bits per heavy atom. The molecule has 0 fully saturated rings. The third kappa shape index (κ3) is 4.78. The van der Waals surface area contributed by atoms with E-state index >= 15 is 0 Å². The Morgan fingerprint density at radius 2 is 1.74 bits per heavy atom. The molecule has 3 rings (SSSR count). The molecule has 0 aliphatic rings. The number of carbonyl (C=O) groups excluding carboxylic acids is 1. The normalized spacial score (nSPS) is 10.4. The quantitative estimate of drug-likeness (QED) is 0.317. The van der Waals surface area contributed by atoms with Crippen LogP contribution in [0, 0.1) is 0 Å². The lowest BCUT2D eigenvalue weighted by atomic mass is 10.1. The summed E-state index contributed by atoms with van der Waals surface area (Å²) >= 11 is 3.16. The number of aromatic hydroxyl groups is 1. The van der Waals surface area contributed by atoms with Crippen molar-refractivity contribution in [2.45, 2.75) is 9.79 Å². The topological polar surface area (TPSA) is 58.6 Å². The molecule has 0 aliphatic heterocycles. The average molecular weight is 398 g/mol. The van der Waals surface area contributed by atoms with Crippen molar-refractivity contribution in [3.63, 3.8) is 0 Å². The maximum absolute atomic E-state index is 11.5. The highest BCUT2D eigenvalue weighted by Gasteiger charge is 2.11. The molecule has 138 valence electrons. The molecule has 0 spiro atoms. The Hall–Kier alpha value is -2.57. The van der Waals surface area contributed by atoms with Crippen molar-refractivity contribution in [2.24, 2.45) is 0 Å². The van der Waals surface area contributed by atoms with Crippen molar-refractivity contribution in [1.29, 1.82) is 0 Å². The van der Waals surface area contributed by atoms with Crippen molar-refractivity contribution in [3.05, 3.63) is 72.3 Å². The molecule has 0 aromatic heterocycles. The molecule has 0 saturated carbocycles. The number of carbonyl (C=O) groups is 1. The first kappa shape index (κ1) is 19.2. The molecule has 0 bridgehead atoms. The Balaban J connectivity index is 1.71. The van der Waals surface area contributed by atoms with Gasteiger partial charge in [0.1, 0.15) is 11.3 Å². The van der Waals surface area contributed by atoms with Crippen LogP contribution >= 0.6 is 23.7 Å². The van der Waals surface area contributed by atoms with Crippen molar-refractivity contribution in [1.82, 2.24) is 0 Å². The van der Waals surface area contributed by atoms with E-state index in [1.807, 2.05) is 12.1 Å². The summed E-state index contributed by atoms with van der Waals surface area (Å²) in [5.41, 5.74) is 3.14. The number of nitrogens with one attached hydrogen (secondary N) is 1. The molecule has 27 heavy (non-hydrogen) atoms. The van der Waals surface area contributed by atoms with E-state index in [1.54, 1.807) is 17.8 Å². The summed E-state index contributed by atoms with van der Waals surface area (Å²) in [5, 5.41) is 9.97. The van der Waals surface area contributed by atoms with Crippen LogP contribution in [0.5, 0.6) is 5.75 Å². The van der Waals surface area contributed by atoms with Gasteiger partial charge < -0.3 is 14.6 Å². The van der Waals surface area contributed by atoms with E-state index in [2.05, 4.69) is 52.1 Å². The zero-order chi connectivity index (χ0) is 19.2. The predicted molar refractivity (Wildman–Crippen MR) is 113 cm³/mol. The molecule has 0 heterocycles. The monoisotopic (exact) mass is 397 g/mol. The summed E-state index contributed by atoms with van der Waals surface area (Å²) in [7, 11) is 1.28. The third-order valence-electron chi connectivity index (χ3n) is 3.95. The van der Waals surface area contributed by atoms with Crippen LogP contribution in [0.25, 0.3) is 11.1 Å². The minimum Gasteiger partial charge on any atom is -0.507 e. The number of benzene rings is 3. The summed E-state index contributed by atoms with van der Waals surface area (Å²) in [6.07, 6.45) is 2.06. The highest BCUT2D eigenvalue weighted by Crippen LogP contribution is 2.30. The minimum absolute atomic E-state index is 0.116. The number of anilines is 1. The van der Waals surface area contributed by atoms with Gasteiger partial charge in [0, 0.05) is 21.5 Å². The molecule has 0 saturated heterocycles. The number of rotatable bonds is 6. The Morgan fingerprint density at radius 1 is 0.963 bits per heavy atom. The van der Waals surface area contributed by atoms with Crippen LogP contribution in [-0.4, -0.2) is 24.4 Å². The van der Waals surface area contributed by atoms with E-state index in [0.29, 0.717) is 5.69 Å². The van der Waals surface area contributed by atoms with Gasteiger partial charge in [0.15, 0.2) is 0 Å². The number of thioether (sulfide) groups is 1. The van der Waals surface area contributed by atoms with Crippen molar-refractivity contribution in [3.8, 4) is 16.9 Å². The fourth-order valence-electron chi connectivity index (χ4n) is 2.52. The molecule has 3 aromatic carbocycles. The van der Waals surface area contributed by atoms with Gasteiger partial charge in [0.05, 0.1) is 7.11 Å². The van der Waals surface area contributed by atoms with Crippen LogP contribution in [0.2, 0.25) is 0 Å². The van der Waals surface area contributed by atoms with Gasteiger partial charge in [0.2, 0.25) is 0 Å². The van der Waals surface area contributed by atoms with E-state index < -0.39 is 5.97 Å². The second-order valence-electron chi connectivity index (χ2n) is 5.68. The Labute approximate surface area is 167 Å². The smallest absolute Gasteiger partial charge is 0.341 e. The predicted octanol–water partition coefficient (Wildman–Crippen LogP) is 5.69. The number of phenols is 1. The Bertz CT molecular complexity index is 942. The van der Waals surface area contributed by atoms with Crippen LogP contribution < -0.4 is 4.72 Å². The maximum Gasteiger partial charge on any atom is 0.341 e. The highest BCUT2D eigenvalue weighted by atomic mass is 32.2. The summed E-state index contributed by atoms with van der Waals surface area (Å²) in [6, 6.07) is 21.4. The summed E-state index contributed by atoms with van der Waals surface area (Å²) in [4.78, 5) is 13.8. The molecule has 0 aliphatic carbocycles. The van der Waals surface area contributed by atoms with Crippen LogP contribution in [0.1, 0.15) is 10.4 Å². The lowest BCUT2D eigenvalue weighted by Crippen LogP contribution is -2.01. The zero-order valence-corrected chi connectivity index (χ0v) is 16.6. The summed E-state index contributed by atoms with van der Waals surface area (Å²) < 4.78 is 7.81. The number of methoxy groups -OCH3 is 1. The number of phenolic OH excluding ortho intramolecular Hbond substituents is 1. The van der Waals surface area contributed by atoms with E-state index in [1.165, 1.54) is 36.1 Å². The van der Waals surface area contributed by atoms with Crippen LogP contribution in [0.4, 0.5) is 5.69 Å². The van der Waals surface area contributed by atoms with Gasteiger partial charge in [-0.25, -0.2) is 4.79 Å². The molecule has 0 amide bonds. The zero-order valence-electron chi connectivity index (χ0n) is 14.9. The number of hydrogen-bond donors (Lipinski definition) is 2. The Kier molecular flexibility index (Phi) is 6.32. The SMILES string of the molecule is COC(=O)c1ccc(NSc2cccc(-c3ccc(SC)cc3)c2)cc1O. The van der Waals surface area contributed by atoms with Gasteiger partial charge in [-0.2, -0.15) is 0 Å². The maximum atomic E-state index is 11.5. The van der Waals surface area contributed by atoms with Gasteiger partial charge in [0.25, 0.3) is 0 Å². The number of ether oxygens (including phenoxy) is 1.